The molecule has 0 bridgehead atoms. The molecule has 2 aromatic carbocycles. The van der Waals surface area contributed by atoms with E-state index in [9.17, 15) is 20.3 Å². The Labute approximate surface area is 158 Å². The molecule has 2 aliphatic rings. The van der Waals surface area contributed by atoms with Gasteiger partial charge in [-0.05, 0) is 30.5 Å². The van der Waals surface area contributed by atoms with Crippen molar-refractivity contribution in [3.63, 3.8) is 0 Å². The Kier molecular flexibility index (Phi) is 3.97. The van der Waals surface area contributed by atoms with Crippen LogP contribution >= 0.6 is 23.2 Å². The van der Waals surface area contributed by atoms with Crippen LogP contribution < -0.4 is 5.32 Å². The predicted molar refractivity (Wildman–Crippen MR) is 99.2 cm³/mol. The molecule has 3 N–H and O–H groups in total. The number of hydrogen-bond donors (Lipinski definition) is 3. The first-order chi connectivity index (χ1) is 12.4. The van der Waals surface area contributed by atoms with E-state index in [1.165, 1.54) is 18.2 Å². The first kappa shape index (κ1) is 17.0. The zero-order valence-electron chi connectivity index (χ0n) is 13.3. The number of phenols is 2. The van der Waals surface area contributed by atoms with Crippen LogP contribution in [0.2, 0.25) is 10.0 Å². The predicted octanol–water partition coefficient (Wildman–Crippen LogP) is 5.14. The average Bonchev–Trinajstić information content (AvgIpc) is 3.07. The van der Waals surface area contributed by atoms with Gasteiger partial charge in [-0.3, -0.25) is 10.1 Å². The number of aromatic hydroxyl groups is 2. The molecule has 1 heterocycles. The number of fused-ring (bicyclic) bond motifs is 3. The van der Waals surface area contributed by atoms with Crippen molar-refractivity contribution in [3.05, 3.63) is 67.7 Å². The van der Waals surface area contributed by atoms with E-state index in [0.29, 0.717) is 28.3 Å². The lowest BCUT2D eigenvalue weighted by molar-refractivity contribution is -0.385. The van der Waals surface area contributed by atoms with Gasteiger partial charge >= 0.3 is 0 Å². The Morgan fingerprint density at radius 3 is 2.73 bits per heavy atom. The Hall–Kier alpha value is -2.44. The van der Waals surface area contributed by atoms with E-state index in [0.717, 1.165) is 0 Å². The third kappa shape index (κ3) is 2.48. The van der Waals surface area contributed by atoms with Crippen LogP contribution in [0.15, 0.2) is 36.4 Å². The van der Waals surface area contributed by atoms with Gasteiger partial charge in [0.05, 0.1) is 27.2 Å². The highest BCUT2D eigenvalue weighted by Gasteiger charge is 2.43. The van der Waals surface area contributed by atoms with E-state index in [2.05, 4.69) is 5.32 Å². The number of nitro benzene ring substituents is 1. The molecule has 2 aromatic rings. The maximum atomic E-state index is 11.5. The van der Waals surface area contributed by atoms with Gasteiger partial charge in [0.25, 0.3) is 5.69 Å². The van der Waals surface area contributed by atoms with Crippen molar-refractivity contribution >= 4 is 34.6 Å². The van der Waals surface area contributed by atoms with Crippen molar-refractivity contribution in [1.82, 2.24) is 0 Å². The number of nitro groups is 1. The molecule has 0 amide bonds. The van der Waals surface area contributed by atoms with Crippen LogP contribution in [0.3, 0.4) is 0 Å². The topological polar surface area (TPSA) is 95.6 Å². The molecule has 6 nitrogen and oxygen atoms in total. The molecule has 26 heavy (non-hydrogen) atoms. The minimum atomic E-state index is -0.447. The monoisotopic (exact) mass is 392 g/mol. The summed E-state index contributed by atoms with van der Waals surface area (Å²) in [5.74, 6) is -0.515. The highest BCUT2D eigenvalue weighted by Crippen LogP contribution is 2.56. The summed E-state index contributed by atoms with van der Waals surface area (Å²) in [5.41, 5.74) is 1.21. The Morgan fingerprint density at radius 2 is 2.00 bits per heavy atom. The molecule has 0 spiro atoms. The van der Waals surface area contributed by atoms with E-state index in [4.69, 9.17) is 23.2 Å². The molecule has 0 fully saturated rings. The maximum Gasteiger partial charge on any atom is 0.275 e. The standard InChI is InChI=1S/C18H14Cl2N2O4/c19-8-6-11(18(24)12(20)7-8)16-10-3-1-2-9(10)15-13(22(25)26)4-5-14(23)17(15)21-16/h1-2,4-7,9-10,16,21,23-24H,3H2. The average molecular weight is 393 g/mol. The first-order valence-corrected chi connectivity index (χ1v) is 8.75. The van der Waals surface area contributed by atoms with Gasteiger partial charge in [-0.2, -0.15) is 0 Å². The molecule has 4 rings (SSSR count). The van der Waals surface area contributed by atoms with E-state index in [1.807, 2.05) is 12.2 Å². The number of halogens is 2. The zero-order valence-corrected chi connectivity index (χ0v) is 14.8. The molecule has 1 aliphatic carbocycles. The van der Waals surface area contributed by atoms with Crippen LogP contribution in [0.1, 0.15) is 29.5 Å². The molecule has 0 aromatic heterocycles. The molecule has 1 aliphatic heterocycles. The summed E-state index contributed by atoms with van der Waals surface area (Å²) in [6, 6.07) is 5.27. The van der Waals surface area contributed by atoms with Gasteiger partial charge in [0, 0.05) is 22.6 Å². The van der Waals surface area contributed by atoms with Gasteiger partial charge in [-0.1, -0.05) is 35.4 Å². The van der Waals surface area contributed by atoms with E-state index in [-0.39, 0.29) is 34.0 Å². The summed E-state index contributed by atoms with van der Waals surface area (Å²) in [7, 11) is 0. The fourth-order valence-corrected chi connectivity index (χ4v) is 4.47. The lowest BCUT2D eigenvalue weighted by atomic mass is 9.76. The third-order valence-corrected chi connectivity index (χ3v) is 5.57. The van der Waals surface area contributed by atoms with Gasteiger partial charge in [0.15, 0.2) is 0 Å². The first-order valence-electron chi connectivity index (χ1n) is 8.00. The Balaban J connectivity index is 1.91. The largest absolute Gasteiger partial charge is 0.506 e. The zero-order chi connectivity index (χ0) is 18.6. The molecule has 0 radical (unpaired) electrons. The number of phenolic OH excluding ortho intramolecular Hbond substituents is 2. The third-order valence-electron chi connectivity index (χ3n) is 5.06. The van der Waals surface area contributed by atoms with E-state index < -0.39 is 11.0 Å². The summed E-state index contributed by atoms with van der Waals surface area (Å²) in [4.78, 5) is 11.0. The lowest BCUT2D eigenvalue weighted by Gasteiger charge is -2.37. The normalized spacial score (nSPS) is 23.2. The van der Waals surface area contributed by atoms with E-state index >= 15 is 0 Å². The number of nitrogens with zero attached hydrogens (tertiary/aromatic N) is 1. The van der Waals surface area contributed by atoms with Crippen LogP contribution in [0.25, 0.3) is 0 Å². The van der Waals surface area contributed by atoms with Crippen molar-refractivity contribution in [2.24, 2.45) is 5.92 Å². The lowest BCUT2D eigenvalue weighted by Crippen LogP contribution is -2.29. The number of hydrogen-bond acceptors (Lipinski definition) is 5. The molecular weight excluding hydrogens is 379 g/mol. The summed E-state index contributed by atoms with van der Waals surface area (Å²) >= 11 is 12.2. The van der Waals surface area contributed by atoms with Crippen LogP contribution in [-0.4, -0.2) is 15.1 Å². The van der Waals surface area contributed by atoms with Gasteiger partial charge in [0.2, 0.25) is 0 Å². The highest BCUT2D eigenvalue weighted by atomic mass is 35.5. The van der Waals surface area contributed by atoms with Crippen LogP contribution in [0.4, 0.5) is 11.4 Å². The SMILES string of the molecule is O=[N+]([O-])c1ccc(O)c2c1C1C=CCC1C(c1cc(Cl)cc(Cl)c1O)N2. The molecule has 0 saturated carbocycles. The van der Waals surface area contributed by atoms with Crippen molar-refractivity contribution in [3.8, 4) is 11.5 Å². The summed E-state index contributed by atoms with van der Waals surface area (Å²) in [6.45, 7) is 0. The molecule has 0 saturated heterocycles. The Bertz CT molecular complexity index is 961. The molecule has 3 unspecified atom stereocenters. The number of benzene rings is 2. The fourth-order valence-electron chi connectivity index (χ4n) is 3.96. The second-order valence-corrected chi connectivity index (χ2v) is 7.29. The van der Waals surface area contributed by atoms with Crippen molar-refractivity contribution < 1.29 is 15.1 Å². The van der Waals surface area contributed by atoms with Gasteiger partial charge in [-0.15, -0.1) is 0 Å². The van der Waals surface area contributed by atoms with Gasteiger partial charge < -0.3 is 15.5 Å². The van der Waals surface area contributed by atoms with Crippen LogP contribution in [-0.2, 0) is 0 Å². The fraction of sp³-hybridized carbons (Fsp3) is 0.222. The maximum absolute atomic E-state index is 11.5. The smallest absolute Gasteiger partial charge is 0.275 e. The minimum absolute atomic E-state index is 0.0429. The van der Waals surface area contributed by atoms with Crippen LogP contribution in [0, 0.1) is 16.0 Å². The van der Waals surface area contributed by atoms with Crippen molar-refractivity contribution in [1.29, 1.82) is 0 Å². The summed E-state index contributed by atoms with van der Waals surface area (Å²) in [6.07, 6.45) is 4.53. The molecule has 3 atom stereocenters. The van der Waals surface area contributed by atoms with Gasteiger partial charge in [0.1, 0.15) is 11.5 Å². The summed E-state index contributed by atoms with van der Waals surface area (Å²) < 4.78 is 0. The summed E-state index contributed by atoms with van der Waals surface area (Å²) in [5, 5.41) is 35.9. The second-order valence-electron chi connectivity index (χ2n) is 6.45. The van der Waals surface area contributed by atoms with Crippen LogP contribution in [0.5, 0.6) is 11.5 Å². The quantitative estimate of drug-likeness (QED) is 0.284. The number of allylic oxidation sites excluding steroid dienone is 2. The number of rotatable bonds is 2. The highest BCUT2D eigenvalue weighted by molar-refractivity contribution is 6.35. The molecular formula is C18H14Cl2N2O4. The number of nitrogens with one attached hydrogen (secondary N) is 1. The second kappa shape index (κ2) is 6.07. The van der Waals surface area contributed by atoms with Crippen molar-refractivity contribution in [2.45, 2.75) is 18.4 Å². The number of anilines is 1. The van der Waals surface area contributed by atoms with E-state index in [1.54, 1.807) is 6.07 Å². The molecule has 8 heteroatoms. The Morgan fingerprint density at radius 1 is 1.23 bits per heavy atom. The van der Waals surface area contributed by atoms with Gasteiger partial charge in [-0.25, -0.2) is 0 Å². The molecule has 134 valence electrons. The van der Waals surface area contributed by atoms with Crippen molar-refractivity contribution in [2.75, 3.05) is 5.32 Å². The minimum Gasteiger partial charge on any atom is -0.506 e.